The molecule has 1 aliphatic heterocycles. The van der Waals surface area contributed by atoms with E-state index in [1.54, 1.807) is 0 Å². The van der Waals surface area contributed by atoms with Crippen molar-refractivity contribution < 1.29 is 13.2 Å². The van der Waals surface area contributed by atoms with Crippen LogP contribution < -0.4 is 4.72 Å². The van der Waals surface area contributed by atoms with E-state index < -0.39 is 10.0 Å². The number of fused-ring (bicyclic) bond motifs is 1. The van der Waals surface area contributed by atoms with Crippen molar-refractivity contribution in [1.82, 2.24) is 14.6 Å². The molecule has 0 bridgehead atoms. The monoisotopic (exact) mass is 377 g/mol. The molecule has 0 spiro atoms. The van der Waals surface area contributed by atoms with Crippen LogP contribution in [0.3, 0.4) is 0 Å². The van der Waals surface area contributed by atoms with Crippen LogP contribution in [0.2, 0.25) is 0 Å². The van der Waals surface area contributed by atoms with Crippen LogP contribution in [0.25, 0.3) is 10.9 Å². The molecule has 2 aromatic rings. The van der Waals surface area contributed by atoms with E-state index in [0.29, 0.717) is 25.9 Å². The zero-order valence-electron chi connectivity index (χ0n) is 15.4. The van der Waals surface area contributed by atoms with E-state index in [1.807, 2.05) is 29.3 Å². The molecule has 1 amide bonds. The predicted molar refractivity (Wildman–Crippen MR) is 103 cm³/mol. The molecule has 0 radical (unpaired) electrons. The number of rotatable bonds is 7. The van der Waals surface area contributed by atoms with Crippen molar-refractivity contribution in [1.29, 1.82) is 0 Å². The van der Waals surface area contributed by atoms with Gasteiger partial charge in [0.1, 0.15) is 0 Å². The number of sulfonamides is 1. The predicted octanol–water partition coefficient (Wildman–Crippen LogP) is 2.28. The largest absolute Gasteiger partial charge is 0.361 e. The number of aromatic nitrogens is 1. The number of carbonyl (C=O) groups is 1. The van der Waals surface area contributed by atoms with E-state index in [0.717, 1.165) is 29.3 Å². The highest BCUT2D eigenvalue weighted by atomic mass is 32.2. The summed E-state index contributed by atoms with van der Waals surface area (Å²) in [6.07, 6.45) is 6.16. The topological polar surface area (TPSA) is 82.3 Å². The average molecular weight is 378 g/mol. The Hall–Kier alpha value is -1.86. The second-order valence-corrected chi connectivity index (χ2v) is 8.98. The van der Waals surface area contributed by atoms with Crippen LogP contribution in [0.5, 0.6) is 0 Å². The van der Waals surface area contributed by atoms with Gasteiger partial charge in [0.2, 0.25) is 15.9 Å². The normalized spacial score (nSPS) is 20.8. The molecule has 1 saturated heterocycles. The number of nitrogens with zero attached hydrogens (tertiary/aromatic N) is 1. The molecule has 7 heteroatoms. The van der Waals surface area contributed by atoms with Gasteiger partial charge in [0.25, 0.3) is 0 Å². The summed E-state index contributed by atoms with van der Waals surface area (Å²) in [4.78, 5) is 17.7. The summed E-state index contributed by atoms with van der Waals surface area (Å²) in [6.45, 7) is 3.18. The van der Waals surface area contributed by atoms with Crippen LogP contribution in [0.1, 0.15) is 31.7 Å². The standard InChI is InChI=1S/C19H27N3O3S/c1-3-6-15-12-22(13-18(15)21-26(2,24)25)19(23)10-9-14-11-20-17-8-5-4-7-16(14)17/h4-5,7-8,11,15,18,20-21H,3,6,9-10,12-13H2,1-2H3/t15-,18-/m1/s1. The molecule has 1 aromatic heterocycles. The summed E-state index contributed by atoms with van der Waals surface area (Å²) in [6, 6.07) is 7.89. The lowest BCUT2D eigenvalue weighted by atomic mass is 9.99. The minimum atomic E-state index is -3.27. The molecule has 142 valence electrons. The third-order valence-electron chi connectivity index (χ3n) is 5.10. The first-order valence-electron chi connectivity index (χ1n) is 9.17. The summed E-state index contributed by atoms with van der Waals surface area (Å²) < 4.78 is 25.9. The fourth-order valence-corrected chi connectivity index (χ4v) is 4.70. The maximum Gasteiger partial charge on any atom is 0.222 e. The molecule has 1 fully saturated rings. The summed E-state index contributed by atoms with van der Waals surface area (Å²) in [5.41, 5.74) is 2.22. The van der Waals surface area contributed by atoms with Gasteiger partial charge in [-0.25, -0.2) is 13.1 Å². The van der Waals surface area contributed by atoms with Gasteiger partial charge in [-0.2, -0.15) is 0 Å². The molecule has 0 unspecified atom stereocenters. The third kappa shape index (κ3) is 4.45. The zero-order chi connectivity index (χ0) is 18.7. The minimum Gasteiger partial charge on any atom is -0.361 e. The van der Waals surface area contributed by atoms with E-state index in [1.165, 1.54) is 6.26 Å². The maximum absolute atomic E-state index is 12.7. The van der Waals surface area contributed by atoms with Crippen molar-refractivity contribution in [3.05, 3.63) is 36.0 Å². The zero-order valence-corrected chi connectivity index (χ0v) is 16.2. The van der Waals surface area contributed by atoms with Gasteiger partial charge in [0.15, 0.2) is 0 Å². The van der Waals surface area contributed by atoms with Crippen molar-refractivity contribution in [2.24, 2.45) is 5.92 Å². The lowest BCUT2D eigenvalue weighted by Crippen LogP contribution is -2.40. The highest BCUT2D eigenvalue weighted by Gasteiger charge is 2.35. The first-order valence-corrected chi connectivity index (χ1v) is 11.1. The third-order valence-corrected chi connectivity index (χ3v) is 5.83. The number of aryl methyl sites for hydroxylation is 1. The highest BCUT2D eigenvalue weighted by molar-refractivity contribution is 7.88. The first-order chi connectivity index (χ1) is 12.4. The summed E-state index contributed by atoms with van der Waals surface area (Å²) in [5, 5.41) is 1.15. The van der Waals surface area contributed by atoms with Crippen molar-refractivity contribution >= 4 is 26.8 Å². The Balaban J connectivity index is 1.62. The fraction of sp³-hybridized carbons (Fsp3) is 0.526. The van der Waals surface area contributed by atoms with Gasteiger partial charge in [0, 0.05) is 42.7 Å². The quantitative estimate of drug-likeness (QED) is 0.777. The van der Waals surface area contributed by atoms with Gasteiger partial charge in [-0.3, -0.25) is 4.79 Å². The minimum absolute atomic E-state index is 0.0918. The number of nitrogens with one attached hydrogen (secondary N) is 2. The van der Waals surface area contributed by atoms with Crippen LogP contribution in [-0.4, -0.2) is 49.6 Å². The molecule has 0 saturated carbocycles. The number of aromatic amines is 1. The van der Waals surface area contributed by atoms with Gasteiger partial charge in [0.05, 0.1) is 6.26 Å². The number of hydrogen-bond donors (Lipinski definition) is 2. The fourth-order valence-electron chi connectivity index (χ4n) is 3.88. The number of H-pyrrole nitrogens is 1. The Morgan fingerprint density at radius 3 is 2.81 bits per heavy atom. The Morgan fingerprint density at radius 1 is 1.31 bits per heavy atom. The van der Waals surface area contributed by atoms with Gasteiger partial charge in [-0.15, -0.1) is 0 Å². The number of amides is 1. The van der Waals surface area contributed by atoms with E-state index in [-0.39, 0.29) is 17.9 Å². The lowest BCUT2D eigenvalue weighted by molar-refractivity contribution is -0.130. The van der Waals surface area contributed by atoms with Gasteiger partial charge in [-0.1, -0.05) is 31.5 Å². The van der Waals surface area contributed by atoms with E-state index in [9.17, 15) is 13.2 Å². The summed E-state index contributed by atoms with van der Waals surface area (Å²) in [7, 11) is -3.27. The van der Waals surface area contributed by atoms with E-state index in [2.05, 4.69) is 22.7 Å². The number of benzene rings is 1. The van der Waals surface area contributed by atoms with E-state index >= 15 is 0 Å². The van der Waals surface area contributed by atoms with Crippen molar-refractivity contribution in [2.45, 2.75) is 38.6 Å². The number of para-hydroxylation sites is 1. The van der Waals surface area contributed by atoms with Crippen LogP contribution in [0, 0.1) is 5.92 Å². The second-order valence-electron chi connectivity index (χ2n) is 7.20. The molecule has 0 aliphatic carbocycles. The number of carbonyl (C=O) groups excluding carboxylic acids is 1. The lowest BCUT2D eigenvalue weighted by Gasteiger charge is -2.17. The molecule has 3 rings (SSSR count). The van der Waals surface area contributed by atoms with Gasteiger partial charge in [-0.05, 0) is 30.4 Å². The van der Waals surface area contributed by atoms with Gasteiger partial charge < -0.3 is 9.88 Å². The second kappa shape index (κ2) is 7.80. The Kier molecular flexibility index (Phi) is 5.67. The smallest absolute Gasteiger partial charge is 0.222 e. The van der Waals surface area contributed by atoms with Gasteiger partial charge >= 0.3 is 0 Å². The molecule has 26 heavy (non-hydrogen) atoms. The molecular weight excluding hydrogens is 350 g/mol. The maximum atomic E-state index is 12.7. The molecule has 2 atom stereocenters. The number of hydrogen-bond acceptors (Lipinski definition) is 3. The summed E-state index contributed by atoms with van der Waals surface area (Å²) >= 11 is 0. The first kappa shape index (κ1) is 18.9. The van der Waals surface area contributed by atoms with Crippen molar-refractivity contribution in [3.63, 3.8) is 0 Å². The van der Waals surface area contributed by atoms with Crippen LogP contribution >= 0.6 is 0 Å². The Labute approximate surface area is 155 Å². The van der Waals surface area contributed by atoms with Crippen molar-refractivity contribution in [2.75, 3.05) is 19.3 Å². The Morgan fingerprint density at radius 2 is 2.08 bits per heavy atom. The molecule has 1 aromatic carbocycles. The Bertz CT molecular complexity index is 875. The molecule has 2 heterocycles. The molecule has 2 N–H and O–H groups in total. The van der Waals surface area contributed by atoms with Crippen LogP contribution in [0.15, 0.2) is 30.5 Å². The van der Waals surface area contributed by atoms with Crippen molar-refractivity contribution in [3.8, 4) is 0 Å². The average Bonchev–Trinajstić information content (AvgIpc) is 3.16. The molecular formula is C19H27N3O3S. The number of likely N-dealkylation sites (tertiary alicyclic amines) is 1. The molecule has 6 nitrogen and oxygen atoms in total. The van der Waals surface area contributed by atoms with E-state index in [4.69, 9.17) is 0 Å². The SMILES string of the molecule is CCC[C@@H]1CN(C(=O)CCc2c[nH]c3ccccc23)C[C@H]1NS(C)(=O)=O. The highest BCUT2D eigenvalue weighted by Crippen LogP contribution is 2.24. The van der Waals surface area contributed by atoms with Crippen LogP contribution in [0.4, 0.5) is 0 Å². The molecule has 1 aliphatic rings. The van der Waals surface area contributed by atoms with Crippen LogP contribution in [-0.2, 0) is 21.2 Å². The summed E-state index contributed by atoms with van der Waals surface area (Å²) in [5.74, 6) is 0.279.